The van der Waals surface area contributed by atoms with Gasteiger partial charge >= 0.3 is 6.09 Å². The molecule has 1 aliphatic rings. The number of morpholine rings is 1. The zero-order chi connectivity index (χ0) is 17.1. The molecular formula is C17H17N5O3. The summed E-state index contributed by atoms with van der Waals surface area (Å²) in [4.78, 5) is 29.6. The molecule has 3 heterocycles. The second-order valence-corrected chi connectivity index (χ2v) is 5.72. The van der Waals surface area contributed by atoms with Crippen LogP contribution in [-0.4, -0.2) is 50.6 Å². The predicted octanol–water partition coefficient (Wildman–Crippen LogP) is 2.06. The first-order valence-electron chi connectivity index (χ1n) is 8.02. The minimum atomic E-state index is -0.354. The van der Waals surface area contributed by atoms with Crippen LogP contribution in [0.5, 0.6) is 0 Å². The first-order valence-corrected chi connectivity index (χ1v) is 8.02. The molecule has 25 heavy (non-hydrogen) atoms. The van der Waals surface area contributed by atoms with Gasteiger partial charge in [0, 0.05) is 6.54 Å². The van der Waals surface area contributed by atoms with Crippen molar-refractivity contribution in [3.05, 3.63) is 54.2 Å². The van der Waals surface area contributed by atoms with E-state index in [2.05, 4.69) is 19.9 Å². The van der Waals surface area contributed by atoms with Gasteiger partial charge in [0.25, 0.3) is 0 Å². The number of aromatic nitrogens is 4. The van der Waals surface area contributed by atoms with Gasteiger partial charge in [-0.05, 0) is 5.56 Å². The maximum atomic E-state index is 12.3. The normalized spacial score (nSPS) is 17.6. The molecule has 0 bridgehead atoms. The zero-order valence-electron chi connectivity index (χ0n) is 13.5. The van der Waals surface area contributed by atoms with Crippen LogP contribution in [-0.2, 0) is 16.1 Å². The Morgan fingerprint density at radius 1 is 1.36 bits per heavy atom. The summed E-state index contributed by atoms with van der Waals surface area (Å²) in [5.41, 5.74) is 2.28. The van der Waals surface area contributed by atoms with Crippen molar-refractivity contribution in [1.82, 2.24) is 24.8 Å². The number of amides is 1. The van der Waals surface area contributed by atoms with Gasteiger partial charge in [-0.1, -0.05) is 30.3 Å². The summed E-state index contributed by atoms with van der Waals surface area (Å²) in [7, 11) is 0. The number of H-pyrrole nitrogens is 1. The Bertz CT molecular complexity index is 834. The number of fused-ring (bicyclic) bond motifs is 1. The molecule has 3 aromatic rings. The summed E-state index contributed by atoms with van der Waals surface area (Å²) >= 11 is 0. The van der Waals surface area contributed by atoms with Crippen LogP contribution >= 0.6 is 0 Å². The lowest BCUT2D eigenvalue weighted by atomic mass is 10.2. The van der Waals surface area contributed by atoms with Crippen LogP contribution in [0.25, 0.3) is 11.2 Å². The molecule has 0 radical (unpaired) electrons. The summed E-state index contributed by atoms with van der Waals surface area (Å²) < 4.78 is 11.1. The highest BCUT2D eigenvalue weighted by atomic mass is 16.6. The van der Waals surface area contributed by atoms with Crippen LogP contribution in [0.4, 0.5) is 4.79 Å². The van der Waals surface area contributed by atoms with Gasteiger partial charge < -0.3 is 19.4 Å². The largest absolute Gasteiger partial charge is 0.445 e. The fraction of sp³-hybridized carbons (Fsp3) is 0.294. The predicted molar refractivity (Wildman–Crippen MR) is 88.6 cm³/mol. The lowest BCUT2D eigenvalue weighted by Gasteiger charge is -2.31. The highest BCUT2D eigenvalue weighted by Gasteiger charge is 2.28. The molecular weight excluding hydrogens is 322 g/mol. The molecule has 1 atom stereocenters. The Kier molecular flexibility index (Phi) is 4.26. The van der Waals surface area contributed by atoms with Crippen molar-refractivity contribution in [3.63, 3.8) is 0 Å². The standard InChI is InChI=1S/C17H17N5O3/c23-17(25-10-12-4-2-1-3-5-12)22-6-7-24-14(9-22)16-20-13-8-18-11-19-15(13)21-16/h1-5,8,11,14H,6-7,9-10H2,(H,18,19,20,21)/t14-/m0/s1. The van der Waals surface area contributed by atoms with Crippen molar-refractivity contribution in [2.24, 2.45) is 0 Å². The van der Waals surface area contributed by atoms with E-state index < -0.39 is 0 Å². The second-order valence-electron chi connectivity index (χ2n) is 5.72. The van der Waals surface area contributed by atoms with Gasteiger partial charge in [0.05, 0.1) is 19.3 Å². The third-order valence-corrected chi connectivity index (χ3v) is 4.02. The highest BCUT2D eigenvalue weighted by molar-refractivity contribution is 5.69. The summed E-state index contributed by atoms with van der Waals surface area (Å²) in [5.74, 6) is 0.635. The second kappa shape index (κ2) is 6.86. The number of hydrogen-bond acceptors (Lipinski definition) is 6. The van der Waals surface area contributed by atoms with Crippen molar-refractivity contribution >= 4 is 17.3 Å². The summed E-state index contributed by atoms with van der Waals surface area (Å²) in [6, 6.07) is 9.60. The Hall–Kier alpha value is -3.00. The van der Waals surface area contributed by atoms with E-state index in [1.54, 1.807) is 11.1 Å². The van der Waals surface area contributed by atoms with Crippen molar-refractivity contribution in [3.8, 4) is 0 Å². The van der Waals surface area contributed by atoms with E-state index in [9.17, 15) is 4.79 Å². The van der Waals surface area contributed by atoms with Crippen LogP contribution in [0.1, 0.15) is 17.5 Å². The van der Waals surface area contributed by atoms with E-state index in [0.717, 1.165) is 5.56 Å². The number of ether oxygens (including phenoxy) is 2. The minimum Gasteiger partial charge on any atom is -0.445 e. The van der Waals surface area contributed by atoms with E-state index in [1.807, 2.05) is 30.3 Å². The van der Waals surface area contributed by atoms with Crippen LogP contribution < -0.4 is 0 Å². The monoisotopic (exact) mass is 339 g/mol. The number of aromatic amines is 1. The van der Waals surface area contributed by atoms with E-state index in [0.29, 0.717) is 36.7 Å². The van der Waals surface area contributed by atoms with Gasteiger partial charge in [-0.3, -0.25) is 0 Å². The Labute approximate surface area is 143 Å². The molecule has 0 saturated carbocycles. The number of carbonyl (C=O) groups excluding carboxylic acids is 1. The average Bonchev–Trinajstić information content (AvgIpc) is 3.11. The summed E-state index contributed by atoms with van der Waals surface area (Å²) in [5, 5.41) is 0. The molecule has 1 N–H and O–H groups in total. The molecule has 0 unspecified atom stereocenters. The Balaban J connectivity index is 1.41. The lowest BCUT2D eigenvalue weighted by molar-refractivity contribution is -0.0330. The van der Waals surface area contributed by atoms with E-state index in [-0.39, 0.29) is 18.8 Å². The molecule has 8 nitrogen and oxygen atoms in total. The fourth-order valence-electron chi connectivity index (χ4n) is 2.72. The van der Waals surface area contributed by atoms with Gasteiger partial charge in [-0.2, -0.15) is 0 Å². The molecule has 1 aliphatic heterocycles. The van der Waals surface area contributed by atoms with E-state index >= 15 is 0 Å². The van der Waals surface area contributed by atoms with Gasteiger partial charge in [0.15, 0.2) is 5.65 Å². The smallest absolute Gasteiger partial charge is 0.410 e. The van der Waals surface area contributed by atoms with Crippen LogP contribution in [0.15, 0.2) is 42.9 Å². The molecule has 1 saturated heterocycles. The lowest BCUT2D eigenvalue weighted by Crippen LogP contribution is -2.42. The SMILES string of the molecule is O=C(OCc1ccccc1)N1CCO[C@H](c2nc3cncnc3[nH]2)C1. The van der Waals surface area contributed by atoms with E-state index in [4.69, 9.17) is 9.47 Å². The molecule has 8 heteroatoms. The van der Waals surface area contributed by atoms with Gasteiger partial charge in [0.1, 0.15) is 30.4 Å². The Morgan fingerprint density at radius 3 is 3.08 bits per heavy atom. The number of nitrogens with zero attached hydrogens (tertiary/aromatic N) is 4. The highest BCUT2D eigenvalue weighted by Crippen LogP contribution is 2.22. The molecule has 1 amide bonds. The molecule has 1 fully saturated rings. The number of imidazole rings is 1. The van der Waals surface area contributed by atoms with Crippen LogP contribution in [0.3, 0.4) is 0 Å². The maximum Gasteiger partial charge on any atom is 0.410 e. The molecule has 1 aromatic carbocycles. The topological polar surface area (TPSA) is 93.2 Å². The van der Waals surface area contributed by atoms with E-state index in [1.165, 1.54) is 6.33 Å². The first kappa shape index (κ1) is 15.5. The number of benzene rings is 1. The molecule has 0 spiro atoms. The van der Waals surface area contributed by atoms with Crippen molar-refractivity contribution in [2.45, 2.75) is 12.7 Å². The van der Waals surface area contributed by atoms with Crippen molar-refractivity contribution in [1.29, 1.82) is 0 Å². The van der Waals surface area contributed by atoms with Crippen LogP contribution in [0, 0.1) is 0 Å². The quantitative estimate of drug-likeness (QED) is 0.785. The molecule has 2 aromatic heterocycles. The molecule has 128 valence electrons. The third kappa shape index (κ3) is 3.43. The fourth-order valence-corrected chi connectivity index (χ4v) is 2.72. The zero-order valence-corrected chi connectivity index (χ0v) is 13.5. The summed E-state index contributed by atoms with van der Waals surface area (Å²) in [6.07, 6.45) is 2.40. The molecule has 0 aliphatic carbocycles. The number of rotatable bonds is 3. The molecule has 4 rings (SSSR count). The number of nitrogens with one attached hydrogen (secondary N) is 1. The Morgan fingerprint density at radius 2 is 2.24 bits per heavy atom. The van der Waals surface area contributed by atoms with Gasteiger partial charge in [-0.25, -0.2) is 19.7 Å². The first-order chi connectivity index (χ1) is 12.3. The maximum absolute atomic E-state index is 12.3. The summed E-state index contributed by atoms with van der Waals surface area (Å²) in [6.45, 7) is 1.54. The minimum absolute atomic E-state index is 0.252. The van der Waals surface area contributed by atoms with Gasteiger partial charge in [-0.15, -0.1) is 0 Å². The average molecular weight is 339 g/mol. The van der Waals surface area contributed by atoms with Crippen molar-refractivity contribution < 1.29 is 14.3 Å². The number of hydrogen-bond donors (Lipinski definition) is 1. The van der Waals surface area contributed by atoms with Crippen molar-refractivity contribution in [2.75, 3.05) is 19.7 Å². The third-order valence-electron chi connectivity index (χ3n) is 4.02. The number of carbonyl (C=O) groups is 1. The van der Waals surface area contributed by atoms with Crippen LogP contribution in [0.2, 0.25) is 0 Å². The van der Waals surface area contributed by atoms with Gasteiger partial charge in [0.2, 0.25) is 0 Å².